The monoisotopic (exact) mass is 184 g/mol. The minimum absolute atomic E-state index is 0.00458. The summed E-state index contributed by atoms with van der Waals surface area (Å²) in [6, 6.07) is 0. The van der Waals surface area contributed by atoms with Gasteiger partial charge in [0.25, 0.3) is 0 Å². The average molecular weight is 184 g/mol. The fourth-order valence-corrected chi connectivity index (χ4v) is 1.65. The Morgan fingerprint density at radius 2 is 2.15 bits per heavy atom. The Morgan fingerprint density at radius 3 is 2.46 bits per heavy atom. The maximum Gasteiger partial charge on any atom is 0.309 e. The second-order valence-corrected chi connectivity index (χ2v) is 5.10. The van der Waals surface area contributed by atoms with E-state index in [0.717, 1.165) is 12.8 Å². The van der Waals surface area contributed by atoms with Crippen LogP contribution in [0.2, 0.25) is 0 Å². The molecule has 0 radical (unpaired) electrons. The van der Waals surface area contributed by atoms with Crippen molar-refractivity contribution in [3.05, 3.63) is 0 Å². The van der Waals surface area contributed by atoms with Crippen LogP contribution >= 0.6 is 0 Å². The lowest BCUT2D eigenvalue weighted by atomic mass is 9.62. The molecule has 1 saturated carbocycles. The third-order valence-electron chi connectivity index (χ3n) is 2.86. The summed E-state index contributed by atoms with van der Waals surface area (Å²) in [5, 5.41) is 0. The van der Waals surface area contributed by atoms with Gasteiger partial charge < -0.3 is 4.74 Å². The fourth-order valence-electron chi connectivity index (χ4n) is 1.65. The van der Waals surface area contributed by atoms with Gasteiger partial charge in [0.05, 0.1) is 12.5 Å². The van der Waals surface area contributed by atoms with Crippen LogP contribution in [0.25, 0.3) is 0 Å². The van der Waals surface area contributed by atoms with Crippen molar-refractivity contribution in [3.8, 4) is 0 Å². The van der Waals surface area contributed by atoms with Gasteiger partial charge in [-0.2, -0.15) is 0 Å². The molecule has 0 heterocycles. The third-order valence-corrected chi connectivity index (χ3v) is 2.86. The number of ether oxygens (including phenoxy) is 1. The minimum Gasteiger partial charge on any atom is -0.465 e. The molecule has 1 unspecified atom stereocenters. The molecule has 2 nitrogen and oxygen atoms in total. The van der Waals surface area contributed by atoms with Gasteiger partial charge in [0.15, 0.2) is 0 Å². The van der Waals surface area contributed by atoms with Crippen molar-refractivity contribution in [2.75, 3.05) is 6.61 Å². The Hall–Kier alpha value is -0.530. The molecule has 1 fully saturated rings. The zero-order valence-corrected chi connectivity index (χ0v) is 9.09. The number of hydrogen-bond donors (Lipinski definition) is 0. The van der Waals surface area contributed by atoms with E-state index in [9.17, 15) is 4.79 Å². The Labute approximate surface area is 80.7 Å². The maximum absolute atomic E-state index is 11.5. The Morgan fingerprint density at radius 1 is 1.54 bits per heavy atom. The summed E-state index contributed by atoms with van der Waals surface area (Å²) < 4.78 is 5.20. The van der Waals surface area contributed by atoms with Gasteiger partial charge in [-0.05, 0) is 24.2 Å². The quantitative estimate of drug-likeness (QED) is 0.630. The zero-order chi connectivity index (χ0) is 10.1. The van der Waals surface area contributed by atoms with E-state index in [1.165, 1.54) is 0 Å². The van der Waals surface area contributed by atoms with Gasteiger partial charge in [0, 0.05) is 0 Å². The Bertz CT molecular complexity index is 194. The summed E-state index contributed by atoms with van der Waals surface area (Å²) in [7, 11) is 0. The SMILES string of the molecule is CC(C)COC(=O)C1CCC1(C)C. The second-order valence-electron chi connectivity index (χ2n) is 5.10. The van der Waals surface area contributed by atoms with Crippen molar-refractivity contribution in [2.24, 2.45) is 17.3 Å². The van der Waals surface area contributed by atoms with Crippen LogP contribution in [-0.2, 0) is 9.53 Å². The number of carbonyl (C=O) groups is 1. The number of rotatable bonds is 3. The van der Waals surface area contributed by atoms with Crippen molar-refractivity contribution < 1.29 is 9.53 Å². The van der Waals surface area contributed by atoms with Crippen molar-refractivity contribution in [2.45, 2.75) is 40.5 Å². The van der Waals surface area contributed by atoms with E-state index < -0.39 is 0 Å². The van der Waals surface area contributed by atoms with Crippen molar-refractivity contribution in [3.63, 3.8) is 0 Å². The van der Waals surface area contributed by atoms with Gasteiger partial charge in [-0.1, -0.05) is 27.7 Å². The van der Waals surface area contributed by atoms with E-state index in [1.807, 2.05) is 0 Å². The molecular weight excluding hydrogens is 164 g/mol. The van der Waals surface area contributed by atoms with Gasteiger partial charge in [-0.3, -0.25) is 4.79 Å². The highest BCUT2D eigenvalue weighted by molar-refractivity contribution is 5.74. The minimum atomic E-state index is 0.00458. The lowest BCUT2D eigenvalue weighted by molar-refractivity contribution is -0.160. The zero-order valence-electron chi connectivity index (χ0n) is 9.09. The molecule has 0 bridgehead atoms. The fraction of sp³-hybridized carbons (Fsp3) is 0.909. The molecular formula is C11H20O2. The predicted molar refractivity (Wildman–Crippen MR) is 52.3 cm³/mol. The normalized spacial score (nSPS) is 25.5. The smallest absolute Gasteiger partial charge is 0.309 e. The highest BCUT2D eigenvalue weighted by atomic mass is 16.5. The standard InChI is InChI=1S/C11H20O2/c1-8(2)7-13-10(12)9-5-6-11(9,3)4/h8-9H,5-7H2,1-4H3. The molecule has 0 N–H and O–H groups in total. The molecule has 13 heavy (non-hydrogen) atoms. The largest absolute Gasteiger partial charge is 0.465 e. The van der Waals surface area contributed by atoms with Crippen molar-refractivity contribution in [1.29, 1.82) is 0 Å². The highest BCUT2D eigenvalue weighted by Gasteiger charge is 2.44. The van der Waals surface area contributed by atoms with Crippen LogP contribution in [0, 0.1) is 17.3 Å². The van der Waals surface area contributed by atoms with Crippen LogP contribution in [0.4, 0.5) is 0 Å². The van der Waals surface area contributed by atoms with E-state index in [-0.39, 0.29) is 17.3 Å². The maximum atomic E-state index is 11.5. The Kier molecular flexibility index (Phi) is 2.99. The van der Waals surface area contributed by atoms with Crippen LogP contribution in [-0.4, -0.2) is 12.6 Å². The van der Waals surface area contributed by atoms with E-state index in [1.54, 1.807) is 0 Å². The van der Waals surface area contributed by atoms with E-state index in [2.05, 4.69) is 27.7 Å². The lowest BCUT2D eigenvalue weighted by Crippen LogP contribution is -2.41. The summed E-state index contributed by atoms with van der Waals surface area (Å²) >= 11 is 0. The van der Waals surface area contributed by atoms with Gasteiger partial charge in [0.1, 0.15) is 0 Å². The van der Waals surface area contributed by atoms with Gasteiger partial charge in [-0.15, -0.1) is 0 Å². The second kappa shape index (κ2) is 3.69. The number of esters is 1. The topological polar surface area (TPSA) is 26.3 Å². The first-order valence-electron chi connectivity index (χ1n) is 5.10. The molecule has 1 aliphatic rings. The molecule has 0 spiro atoms. The van der Waals surface area contributed by atoms with Crippen molar-refractivity contribution >= 4 is 5.97 Å². The molecule has 2 heteroatoms. The van der Waals surface area contributed by atoms with Gasteiger partial charge in [0.2, 0.25) is 0 Å². The van der Waals surface area contributed by atoms with Crippen LogP contribution in [0.3, 0.4) is 0 Å². The highest BCUT2D eigenvalue weighted by Crippen LogP contribution is 2.46. The molecule has 1 atom stereocenters. The lowest BCUT2D eigenvalue weighted by Gasteiger charge is -2.42. The molecule has 0 saturated heterocycles. The summed E-state index contributed by atoms with van der Waals surface area (Å²) in [5.74, 6) is 0.586. The molecule has 1 aliphatic carbocycles. The van der Waals surface area contributed by atoms with Crippen LogP contribution in [0.15, 0.2) is 0 Å². The van der Waals surface area contributed by atoms with Crippen LogP contribution in [0.5, 0.6) is 0 Å². The van der Waals surface area contributed by atoms with Crippen LogP contribution < -0.4 is 0 Å². The molecule has 0 aromatic carbocycles. The molecule has 0 aromatic heterocycles. The first-order valence-corrected chi connectivity index (χ1v) is 5.10. The molecule has 0 amide bonds. The average Bonchev–Trinajstić information content (AvgIpc) is 1.99. The van der Waals surface area contributed by atoms with Crippen LogP contribution in [0.1, 0.15) is 40.5 Å². The summed E-state index contributed by atoms with van der Waals surface area (Å²) in [5.41, 5.74) is 0.175. The van der Waals surface area contributed by atoms with Gasteiger partial charge >= 0.3 is 5.97 Å². The predicted octanol–water partition coefficient (Wildman–Crippen LogP) is 2.62. The van der Waals surface area contributed by atoms with Crippen molar-refractivity contribution in [1.82, 2.24) is 0 Å². The third kappa shape index (κ3) is 2.45. The number of carbonyl (C=O) groups excluding carboxylic acids is 1. The van der Waals surface area contributed by atoms with E-state index in [0.29, 0.717) is 12.5 Å². The summed E-state index contributed by atoms with van der Waals surface area (Å²) in [6.45, 7) is 8.94. The summed E-state index contributed by atoms with van der Waals surface area (Å²) in [4.78, 5) is 11.5. The molecule has 0 aromatic rings. The van der Waals surface area contributed by atoms with E-state index in [4.69, 9.17) is 4.74 Å². The molecule has 1 rings (SSSR count). The van der Waals surface area contributed by atoms with E-state index >= 15 is 0 Å². The van der Waals surface area contributed by atoms with Gasteiger partial charge in [-0.25, -0.2) is 0 Å². The Balaban J connectivity index is 2.32. The first kappa shape index (κ1) is 10.6. The number of hydrogen-bond acceptors (Lipinski definition) is 2. The first-order chi connectivity index (χ1) is 5.93. The molecule has 76 valence electrons. The summed E-state index contributed by atoms with van der Waals surface area (Å²) in [6.07, 6.45) is 2.15. The molecule has 0 aliphatic heterocycles.